The molecule has 3 N–H and O–H groups in total. The van der Waals surface area contributed by atoms with Crippen LogP contribution in [-0.4, -0.2) is 50.9 Å². The molecule has 194 valence electrons. The monoisotopic (exact) mass is 523 g/mol. The summed E-state index contributed by atoms with van der Waals surface area (Å²) in [4.78, 5) is 21.3. The molecule has 0 aliphatic carbocycles. The Balaban J connectivity index is 1.49. The number of nitrogens with zero attached hydrogens (tertiary/aromatic N) is 3. The van der Waals surface area contributed by atoms with E-state index in [-0.39, 0.29) is 18.1 Å². The highest BCUT2D eigenvalue weighted by Crippen LogP contribution is 2.33. The number of hydrogen-bond acceptors (Lipinski definition) is 7. The standard InChI is InChI=1S/C27H30ClN5O4/c1-27(2,3)32-26(35)18-5-4-6-20(15-18)37-23-8-7-19(16-21(23)28)31-25-24-22(29-17-30-25)9-10-33(24)11-13-36-14-12-34/h4-10,15-17,34H,11-14H2,1-3H3,(H,32,35)(H,29,30,31). The van der Waals surface area contributed by atoms with E-state index in [1.807, 2.05) is 43.7 Å². The second-order valence-electron chi connectivity index (χ2n) is 9.41. The van der Waals surface area contributed by atoms with Gasteiger partial charge in [-0.15, -0.1) is 0 Å². The Labute approximate surface area is 220 Å². The molecule has 0 saturated heterocycles. The second kappa shape index (κ2) is 11.6. The number of ether oxygens (including phenoxy) is 2. The first kappa shape index (κ1) is 26.4. The van der Waals surface area contributed by atoms with Gasteiger partial charge in [0.05, 0.1) is 30.4 Å². The fourth-order valence-corrected chi connectivity index (χ4v) is 3.90. The number of carbonyl (C=O) groups is 1. The number of aliphatic hydroxyl groups excluding tert-OH is 1. The molecule has 9 nitrogen and oxygen atoms in total. The molecule has 10 heteroatoms. The Morgan fingerprint density at radius 3 is 2.70 bits per heavy atom. The topological polar surface area (TPSA) is 111 Å². The molecule has 0 fully saturated rings. The van der Waals surface area contributed by atoms with Crippen LogP contribution in [0.4, 0.5) is 11.5 Å². The van der Waals surface area contributed by atoms with E-state index in [1.54, 1.807) is 36.4 Å². The molecule has 0 spiro atoms. The zero-order valence-electron chi connectivity index (χ0n) is 21.0. The molecule has 37 heavy (non-hydrogen) atoms. The lowest BCUT2D eigenvalue weighted by molar-refractivity contribution is 0.0875. The SMILES string of the molecule is CC(C)(C)NC(=O)c1cccc(Oc2ccc(Nc3ncnc4ccn(CCOCCO)c34)cc2Cl)c1. The van der Waals surface area contributed by atoms with Gasteiger partial charge in [-0.1, -0.05) is 17.7 Å². The average molecular weight is 524 g/mol. The van der Waals surface area contributed by atoms with Gasteiger partial charge in [0.2, 0.25) is 0 Å². The Morgan fingerprint density at radius 1 is 1.11 bits per heavy atom. The number of carbonyl (C=O) groups excluding carboxylic acids is 1. The third kappa shape index (κ3) is 6.97. The maximum atomic E-state index is 12.5. The molecule has 4 aromatic rings. The first-order valence-corrected chi connectivity index (χ1v) is 12.3. The quantitative estimate of drug-likeness (QED) is 0.246. The smallest absolute Gasteiger partial charge is 0.251 e. The molecule has 1 amide bonds. The van der Waals surface area contributed by atoms with Crippen LogP contribution in [-0.2, 0) is 11.3 Å². The van der Waals surface area contributed by atoms with Crippen molar-refractivity contribution >= 4 is 40.0 Å². The molecule has 0 atom stereocenters. The molecule has 0 unspecified atom stereocenters. The minimum Gasteiger partial charge on any atom is -0.456 e. The first-order valence-electron chi connectivity index (χ1n) is 11.9. The molecular weight excluding hydrogens is 494 g/mol. The van der Waals surface area contributed by atoms with Crippen molar-refractivity contribution in [2.75, 3.05) is 25.1 Å². The largest absolute Gasteiger partial charge is 0.456 e. The summed E-state index contributed by atoms with van der Waals surface area (Å²) in [6.07, 6.45) is 3.42. The van der Waals surface area contributed by atoms with Gasteiger partial charge in [0.25, 0.3) is 5.91 Å². The summed E-state index contributed by atoms with van der Waals surface area (Å²) in [5, 5.41) is 15.5. The van der Waals surface area contributed by atoms with Gasteiger partial charge in [-0.25, -0.2) is 9.97 Å². The minimum atomic E-state index is -0.343. The maximum Gasteiger partial charge on any atom is 0.251 e. The van der Waals surface area contributed by atoms with Crippen molar-refractivity contribution in [2.45, 2.75) is 32.9 Å². The van der Waals surface area contributed by atoms with E-state index in [9.17, 15) is 4.79 Å². The number of aliphatic hydroxyl groups is 1. The van der Waals surface area contributed by atoms with E-state index in [4.69, 9.17) is 26.2 Å². The number of fused-ring (bicyclic) bond motifs is 1. The minimum absolute atomic E-state index is 0.0131. The van der Waals surface area contributed by atoms with Crippen molar-refractivity contribution in [2.24, 2.45) is 0 Å². The van der Waals surface area contributed by atoms with Crippen LogP contribution in [0.2, 0.25) is 5.02 Å². The van der Waals surface area contributed by atoms with Crippen LogP contribution in [0.15, 0.2) is 61.1 Å². The summed E-state index contributed by atoms with van der Waals surface area (Å²) in [6.45, 7) is 7.11. The molecule has 2 aromatic carbocycles. The number of anilines is 2. The lowest BCUT2D eigenvalue weighted by atomic mass is 10.1. The van der Waals surface area contributed by atoms with Crippen LogP contribution >= 0.6 is 11.6 Å². The Morgan fingerprint density at radius 2 is 1.95 bits per heavy atom. The predicted molar refractivity (Wildman–Crippen MR) is 144 cm³/mol. The molecule has 0 aliphatic heterocycles. The summed E-state index contributed by atoms with van der Waals surface area (Å²) in [7, 11) is 0. The van der Waals surface area contributed by atoms with E-state index in [0.717, 1.165) is 16.7 Å². The summed E-state index contributed by atoms with van der Waals surface area (Å²) in [5.74, 6) is 1.41. The highest BCUT2D eigenvalue weighted by molar-refractivity contribution is 6.32. The normalized spacial score (nSPS) is 11.5. The molecule has 2 heterocycles. The van der Waals surface area contributed by atoms with Crippen LogP contribution in [0.3, 0.4) is 0 Å². The molecule has 0 radical (unpaired) electrons. The van der Waals surface area contributed by atoms with Gasteiger partial charge in [-0.05, 0) is 63.2 Å². The van der Waals surface area contributed by atoms with Crippen molar-refractivity contribution in [1.29, 1.82) is 0 Å². The number of rotatable bonds is 10. The van der Waals surface area contributed by atoms with E-state index >= 15 is 0 Å². The van der Waals surface area contributed by atoms with Crippen molar-refractivity contribution in [3.63, 3.8) is 0 Å². The summed E-state index contributed by atoms with van der Waals surface area (Å²) < 4.78 is 13.4. The predicted octanol–water partition coefficient (Wildman–Crippen LogP) is 5.16. The van der Waals surface area contributed by atoms with Gasteiger partial charge in [0.15, 0.2) is 5.82 Å². The van der Waals surface area contributed by atoms with Gasteiger partial charge < -0.3 is 29.8 Å². The van der Waals surface area contributed by atoms with Gasteiger partial charge in [-0.2, -0.15) is 0 Å². The van der Waals surface area contributed by atoms with Gasteiger partial charge >= 0.3 is 0 Å². The molecule has 0 aliphatic rings. The number of aromatic nitrogens is 3. The van der Waals surface area contributed by atoms with E-state index in [0.29, 0.717) is 47.7 Å². The zero-order valence-corrected chi connectivity index (χ0v) is 21.7. The molecule has 0 saturated carbocycles. The van der Waals surface area contributed by atoms with Gasteiger partial charge in [0, 0.05) is 29.5 Å². The zero-order chi connectivity index (χ0) is 26.4. The lowest BCUT2D eigenvalue weighted by Crippen LogP contribution is -2.40. The highest BCUT2D eigenvalue weighted by Gasteiger charge is 2.16. The molecular formula is C27H30ClN5O4. The van der Waals surface area contributed by atoms with Crippen molar-refractivity contribution < 1.29 is 19.4 Å². The van der Waals surface area contributed by atoms with Crippen LogP contribution in [0, 0.1) is 0 Å². The summed E-state index contributed by atoms with van der Waals surface area (Å²) in [5.41, 5.74) is 2.50. The Bertz CT molecular complexity index is 1380. The van der Waals surface area contributed by atoms with Crippen molar-refractivity contribution in [1.82, 2.24) is 19.9 Å². The molecule has 0 bridgehead atoms. The number of hydrogen-bond donors (Lipinski definition) is 3. The van der Waals surface area contributed by atoms with Crippen molar-refractivity contribution in [3.05, 3.63) is 71.6 Å². The maximum absolute atomic E-state index is 12.5. The lowest BCUT2D eigenvalue weighted by Gasteiger charge is -2.20. The number of halogens is 1. The fourth-order valence-electron chi connectivity index (χ4n) is 3.68. The Hall–Kier alpha value is -3.66. The van der Waals surface area contributed by atoms with Crippen molar-refractivity contribution in [3.8, 4) is 11.5 Å². The van der Waals surface area contributed by atoms with Crippen LogP contribution in [0.1, 0.15) is 31.1 Å². The van der Waals surface area contributed by atoms with Crippen LogP contribution < -0.4 is 15.4 Å². The number of amides is 1. The van der Waals surface area contributed by atoms with Gasteiger partial charge in [-0.3, -0.25) is 4.79 Å². The van der Waals surface area contributed by atoms with Gasteiger partial charge in [0.1, 0.15) is 23.3 Å². The highest BCUT2D eigenvalue weighted by atomic mass is 35.5. The molecule has 4 rings (SSSR count). The first-order chi connectivity index (χ1) is 17.7. The van der Waals surface area contributed by atoms with Crippen LogP contribution in [0.5, 0.6) is 11.5 Å². The summed E-state index contributed by atoms with van der Waals surface area (Å²) in [6, 6.07) is 14.2. The van der Waals surface area contributed by atoms with Crippen LogP contribution in [0.25, 0.3) is 11.0 Å². The number of nitrogens with one attached hydrogen (secondary N) is 2. The summed E-state index contributed by atoms with van der Waals surface area (Å²) >= 11 is 6.54. The average Bonchev–Trinajstić information content (AvgIpc) is 3.27. The molecule has 2 aromatic heterocycles. The second-order valence-corrected chi connectivity index (χ2v) is 9.81. The third-order valence-corrected chi connectivity index (χ3v) is 5.56. The Kier molecular flexibility index (Phi) is 8.27. The fraction of sp³-hybridized carbons (Fsp3) is 0.296. The van der Waals surface area contributed by atoms with E-state index in [2.05, 4.69) is 20.6 Å². The third-order valence-electron chi connectivity index (χ3n) is 5.27. The van der Waals surface area contributed by atoms with E-state index in [1.165, 1.54) is 6.33 Å². The number of benzene rings is 2. The van der Waals surface area contributed by atoms with E-state index < -0.39 is 0 Å².